The van der Waals surface area contributed by atoms with Gasteiger partial charge in [0, 0.05) is 12.5 Å². The second-order valence-corrected chi connectivity index (χ2v) is 6.57. The zero-order chi connectivity index (χ0) is 18.2. The molecule has 0 heterocycles. The van der Waals surface area contributed by atoms with Crippen molar-refractivity contribution in [3.05, 3.63) is 48.6 Å². The molecule has 0 spiro atoms. The minimum atomic E-state index is 0.00739. The van der Waals surface area contributed by atoms with Gasteiger partial charge in [-0.2, -0.15) is 0 Å². The second kappa shape index (κ2) is 14.7. The molecule has 25 heavy (non-hydrogen) atoms. The van der Waals surface area contributed by atoms with E-state index < -0.39 is 0 Å². The summed E-state index contributed by atoms with van der Waals surface area (Å²) in [7, 11) is 0. The van der Waals surface area contributed by atoms with Gasteiger partial charge in [-0.25, -0.2) is 0 Å². The average molecular weight is 346 g/mol. The lowest BCUT2D eigenvalue weighted by Gasteiger charge is -2.00. The number of aliphatic hydroxyl groups excluding tert-OH is 1. The number of carbonyl (C=O) groups excluding carboxylic acids is 1. The molecule has 0 saturated heterocycles. The number of hydrogen-bond donors (Lipinski definition) is 2. The topological polar surface area (TPSA) is 49.3 Å². The van der Waals surface area contributed by atoms with Gasteiger partial charge in [-0.3, -0.25) is 4.79 Å². The quantitative estimate of drug-likeness (QED) is 0.354. The van der Waals surface area contributed by atoms with Crippen molar-refractivity contribution in [3.63, 3.8) is 0 Å². The Morgan fingerprint density at radius 3 is 2.28 bits per heavy atom. The Hall–Kier alpha value is -1.61. The number of nitrogens with one attached hydrogen (secondary N) is 1. The van der Waals surface area contributed by atoms with Crippen LogP contribution >= 0.6 is 0 Å². The van der Waals surface area contributed by atoms with Crippen LogP contribution in [-0.4, -0.2) is 24.2 Å². The molecule has 140 valence electrons. The fourth-order valence-corrected chi connectivity index (χ4v) is 2.64. The number of carbonyl (C=O) groups is 1. The third-order valence-electron chi connectivity index (χ3n) is 4.26. The van der Waals surface area contributed by atoms with Crippen molar-refractivity contribution in [2.75, 3.05) is 13.2 Å². The molecular formula is C22H35NO2. The minimum Gasteiger partial charge on any atom is -0.395 e. The Bertz CT molecular complexity index is 463. The van der Waals surface area contributed by atoms with E-state index in [0.717, 1.165) is 25.7 Å². The summed E-state index contributed by atoms with van der Waals surface area (Å²) in [4.78, 5) is 11.6. The highest BCUT2D eigenvalue weighted by Crippen LogP contribution is 2.39. The molecule has 2 N–H and O–H groups in total. The highest BCUT2D eigenvalue weighted by molar-refractivity contribution is 5.81. The molecule has 3 heteroatoms. The Morgan fingerprint density at radius 2 is 1.64 bits per heavy atom. The van der Waals surface area contributed by atoms with Gasteiger partial charge in [0.05, 0.1) is 6.61 Å². The molecule has 3 nitrogen and oxygen atoms in total. The fraction of sp³-hybridized carbons (Fsp3) is 0.591. The first-order chi connectivity index (χ1) is 12.3. The van der Waals surface area contributed by atoms with E-state index in [1.807, 2.05) is 0 Å². The molecule has 1 amide bonds. The van der Waals surface area contributed by atoms with Crippen LogP contribution in [0, 0.1) is 11.8 Å². The molecule has 0 radical (unpaired) electrons. The van der Waals surface area contributed by atoms with Crippen molar-refractivity contribution in [3.8, 4) is 0 Å². The van der Waals surface area contributed by atoms with Crippen LogP contribution in [0.3, 0.4) is 0 Å². The minimum absolute atomic E-state index is 0.00739. The Kier molecular flexibility index (Phi) is 12.6. The van der Waals surface area contributed by atoms with E-state index in [0.29, 0.717) is 12.5 Å². The number of hydrogen-bond acceptors (Lipinski definition) is 2. The zero-order valence-electron chi connectivity index (χ0n) is 15.7. The van der Waals surface area contributed by atoms with Crippen molar-refractivity contribution in [2.45, 2.75) is 58.3 Å². The number of rotatable bonds is 14. The van der Waals surface area contributed by atoms with Gasteiger partial charge in [-0.15, -0.1) is 0 Å². The summed E-state index contributed by atoms with van der Waals surface area (Å²) in [5, 5.41) is 11.4. The Labute approximate surface area is 153 Å². The standard InChI is InChI=1S/C22H35NO2/c1-2-3-4-5-6-7-8-9-10-11-12-13-14-15-16-20-19-21(20)22(25)23-17-18-24/h6-7,9-10,12-13,15-16,20-21,24H,2-5,8,11,14,17-19H2,1H3,(H,23,25)/b7-6-,10-9-,13-12-,16-15-. The van der Waals surface area contributed by atoms with Crippen LogP contribution in [0.5, 0.6) is 0 Å². The van der Waals surface area contributed by atoms with Crippen LogP contribution in [0.15, 0.2) is 48.6 Å². The lowest BCUT2D eigenvalue weighted by molar-refractivity contribution is -0.122. The summed E-state index contributed by atoms with van der Waals surface area (Å²) >= 11 is 0. The molecule has 2 atom stereocenters. The normalized spacial score (nSPS) is 20.4. The number of unbranched alkanes of at least 4 members (excludes halogenated alkanes) is 3. The molecule has 0 aliphatic heterocycles. The lowest BCUT2D eigenvalue weighted by atomic mass is 10.2. The first-order valence-corrected chi connectivity index (χ1v) is 9.79. The average Bonchev–Trinajstić information content (AvgIpc) is 3.39. The van der Waals surface area contributed by atoms with Crippen LogP contribution < -0.4 is 5.32 Å². The van der Waals surface area contributed by atoms with Crippen LogP contribution in [0.25, 0.3) is 0 Å². The first kappa shape index (κ1) is 21.4. The van der Waals surface area contributed by atoms with Gasteiger partial charge in [0.2, 0.25) is 5.91 Å². The third-order valence-corrected chi connectivity index (χ3v) is 4.26. The van der Waals surface area contributed by atoms with E-state index in [-0.39, 0.29) is 18.4 Å². The Balaban J connectivity index is 1.98. The first-order valence-electron chi connectivity index (χ1n) is 9.79. The summed E-state index contributed by atoms with van der Waals surface area (Å²) in [6, 6.07) is 0. The molecule has 1 rings (SSSR count). The van der Waals surface area contributed by atoms with E-state index in [9.17, 15) is 4.79 Å². The van der Waals surface area contributed by atoms with Crippen molar-refractivity contribution >= 4 is 5.91 Å². The summed E-state index contributed by atoms with van der Waals surface area (Å²) in [5.41, 5.74) is 0. The number of amides is 1. The maximum absolute atomic E-state index is 11.6. The largest absolute Gasteiger partial charge is 0.395 e. The lowest BCUT2D eigenvalue weighted by Crippen LogP contribution is -2.28. The van der Waals surface area contributed by atoms with E-state index in [4.69, 9.17) is 5.11 Å². The van der Waals surface area contributed by atoms with Gasteiger partial charge in [0.25, 0.3) is 0 Å². The van der Waals surface area contributed by atoms with Crippen LogP contribution in [0.1, 0.15) is 58.3 Å². The molecule has 1 saturated carbocycles. The molecule has 1 aliphatic rings. The zero-order valence-corrected chi connectivity index (χ0v) is 15.7. The highest BCUT2D eigenvalue weighted by atomic mass is 16.3. The summed E-state index contributed by atoms with van der Waals surface area (Å²) in [5.74, 6) is 0.574. The van der Waals surface area contributed by atoms with Crippen molar-refractivity contribution < 1.29 is 9.90 Å². The molecule has 0 aromatic rings. The molecular weight excluding hydrogens is 310 g/mol. The predicted octanol–water partition coefficient (Wildman–Crippen LogP) is 4.71. The van der Waals surface area contributed by atoms with Crippen molar-refractivity contribution in [1.29, 1.82) is 0 Å². The fourth-order valence-electron chi connectivity index (χ4n) is 2.64. The van der Waals surface area contributed by atoms with Gasteiger partial charge in [-0.05, 0) is 44.4 Å². The van der Waals surface area contributed by atoms with Crippen LogP contribution in [0.2, 0.25) is 0 Å². The van der Waals surface area contributed by atoms with Gasteiger partial charge in [0.1, 0.15) is 0 Å². The van der Waals surface area contributed by atoms with Gasteiger partial charge < -0.3 is 10.4 Å². The molecule has 1 aliphatic carbocycles. The maximum Gasteiger partial charge on any atom is 0.223 e. The highest BCUT2D eigenvalue weighted by Gasteiger charge is 2.40. The van der Waals surface area contributed by atoms with Crippen molar-refractivity contribution in [1.82, 2.24) is 5.32 Å². The maximum atomic E-state index is 11.6. The summed E-state index contributed by atoms with van der Waals surface area (Å²) < 4.78 is 0. The van der Waals surface area contributed by atoms with Crippen LogP contribution in [0.4, 0.5) is 0 Å². The monoisotopic (exact) mass is 345 g/mol. The van der Waals surface area contributed by atoms with Gasteiger partial charge >= 0.3 is 0 Å². The second-order valence-electron chi connectivity index (χ2n) is 6.57. The summed E-state index contributed by atoms with van der Waals surface area (Å²) in [6.45, 7) is 2.60. The number of aliphatic hydroxyl groups is 1. The van der Waals surface area contributed by atoms with Gasteiger partial charge in [0.15, 0.2) is 0 Å². The molecule has 1 fully saturated rings. The number of allylic oxidation sites excluding steroid dienone is 8. The molecule has 2 unspecified atom stereocenters. The van der Waals surface area contributed by atoms with Gasteiger partial charge in [-0.1, -0.05) is 68.4 Å². The van der Waals surface area contributed by atoms with Crippen molar-refractivity contribution in [2.24, 2.45) is 11.8 Å². The smallest absolute Gasteiger partial charge is 0.223 e. The summed E-state index contributed by atoms with van der Waals surface area (Å²) in [6.07, 6.45) is 26.6. The Morgan fingerprint density at radius 1 is 1.00 bits per heavy atom. The third kappa shape index (κ3) is 11.5. The van der Waals surface area contributed by atoms with E-state index in [1.54, 1.807) is 0 Å². The predicted molar refractivity (Wildman–Crippen MR) is 106 cm³/mol. The SMILES string of the molecule is CCCCC/C=C\C/C=C\C/C=C\C/C=C\C1CC1C(=O)NCCO. The van der Waals surface area contributed by atoms with Crippen LogP contribution in [-0.2, 0) is 4.79 Å². The van der Waals surface area contributed by atoms with E-state index in [2.05, 4.69) is 60.8 Å². The molecule has 0 aromatic carbocycles. The molecule has 0 aromatic heterocycles. The van der Waals surface area contributed by atoms with E-state index in [1.165, 1.54) is 25.7 Å². The molecule has 0 bridgehead atoms. The van der Waals surface area contributed by atoms with E-state index >= 15 is 0 Å².